The van der Waals surface area contributed by atoms with Crippen LogP contribution in [0.25, 0.3) is 10.8 Å². The van der Waals surface area contributed by atoms with Crippen LogP contribution in [-0.4, -0.2) is 5.78 Å². The largest absolute Gasteiger partial charge is 0.299 e. The van der Waals surface area contributed by atoms with Crippen LogP contribution in [0, 0.1) is 17.8 Å². The number of carbonyl (C=O) groups is 1. The van der Waals surface area contributed by atoms with Crippen LogP contribution in [0.4, 0.5) is 0 Å². The van der Waals surface area contributed by atoms with Crippen LogP contribution in [0.2, 0.25) is 0 Å². The van der Waals surface area contributed by atoms with Crippen molar-refractivity contribution in [1.29, 1.82) is 0 Å². The number of rotatable bonds is 4. The number of carbonyl (C=O) groups excluding carboxylic acids is 1. The van der Waals surface area contributed by atoms with Gasteiger partial charge in [0.25, 0.3) is 0 Å². The molecule has 1 heteroatoms. The second kappa shape index (κ2) is 5.40. The van der Waals surface area contributed by atoms with Crippen molar-refractivity contribution in [1.82, 2.24) is 0 Å². The van der Waals surface area contributed by atoms with Gasteiger partial charge in [0, 0.05) is 12.8 Å². The Kier molecular flexibility index (Phi) is 3.60. The van der Waals surface area contributed by atoms with Gasteiger partial charge in [0.2, 0.25) is 0 Å². The second-order valence-corrected chi connectivity index (χ2v) is 6.46. The van der Waals surface area contributed by atoms with Crippen molar-refractivity contribution in [2.24, 2.45) is 17.8 Å². The van der Waals surface area contributed by atoms with E-state index in [0.29, 0.717) is 18.1 Å². The molecule has 0 aromatic heterocycles. The molecule has 0 heterocycles. The topological polar surface area (TPSA) is 17.1 Å². The number of Topliss-reactive ketones (excluding diaryl/α,β-unsaturated/α-hetero) is 1. The van der Waals surface area contributed by atoms with Gasteiger partial charge < -0.3 is 0 Å². The Morgan fingerprint density at radius 3 is 2.45 bits per heavy atom. The zero-order valence-corrected chi connectivity index (χ0v) is 12.3. The molecule has 2 atom stereocenters. The Morgan fingerprint density at radius 1 is 1.05 bits per heavy atom. The molecule has 2 aromatic rings. The van der Waals surface area contributed by atoms with Crippen LogP contribution >= 0.6 is 0 Å². The van der Waals surface area contributed by atoms with E-state index in [1.807, 2.05) is 12.1 Å². The highest BCUT2D eigenvalue weighted by atomic mass is 16.1. The first-order chi connectivity index (χ1) is 9.63. The Balaban J connectivity index is 1.68. The highest BCUT2D eigenvalue weighted by Gasteiger charge is 2.35. The van der Waals surface area contributed by atoms with Crippen molar-refractivity contribution in [3.63, 3.8) is 0 Å². The summed E-state index contributed by atoms with van der Waals surface area (Å²) in [5, 5.41) is 2.47. The standard InChI is InChI=1S/C19H22O/c1-13-9-14(2)19(13)12-18(20)11-15-7-8-16-5-3-4-6-17(16)10-15/h3-8,10,13-14,19H,9,11-12H2,1-2H3. The maximum Gasteiger partial charge on any atom is 0.137 e. The highest BCUT2D eigenvalue weighted by Crippen LogP contribution is 2.42. The van der Waals surface area contributed by atoms with Gasteiger partial charge in [0.05, 0.1) is 0 Å². The third-order valence-electron chi connectivity index (χ3n) is 4.88. The van der Waals surface area contributed by atoms with Gasteiger partial charge in [0.1, 0.15) is 5.78 Å². The summed E-state index contributed by atoms with van der Waals surface area (Å²) in [5.74, 6) is 2.46. The fraction of sp³-hybridized carbons (Fsp3) is 0.421. The fourth-order valence-corrected chi connectivity index (χ4v) is 3.61. The number of hydrogen-bond acceptors (Lipinski definition) is 1. The Bertz CT molecular complexity index is 620. The van der Waals surface area contributed by atoms with Crippen LogP contribution in [0.3, 0.4) is 0 Å². The van der Waals surface area contributed by atoms with E-state index in [9.17, 15) is 4.79 Å². The van der Waals surface area contributed by atoms with E-state index in [4.69, 9.17) is 0 Å². The molecular formula is C19H22O. The molecule has 1 saturated carbocycles. The van der Waals surface area contributed by atoms with E-state index < -0.39 is 0 Å². The van der Waals surface area contributed by atoms with E-state index in [-0.39, 0.29) is 0 Å². The van der Waals surface area contributed by atoms with Crippen molar-refractivity contribution in [3.05, 3.63) is 48.0 Å². The molecule has 3 rings (SSSR count). The van der Waals surface area contributed by atoms with Crippen LogP contribution in [0.5, 0.6) is 0 Å². The van der Waals surface area contributed by atoms with Crippen LogP contribution < -0.4 is 0 Å². The maximum absolute atomic E-state index is 12.2. The van der Waals surface area contributed by atoms with Gasteiger partial charge in [-0.15, -0.1) is 0 Å². The average Bonchev–Trinajstić information content (AvgIpc) is 2.45. The first-order valence-electron chi connectivity index (χ1n) is 7.63. The molecule has 1 aliphatic carbocycles. The quantitative estimate of drug-likeness (QED) is 0.788. The number of ketones is 1. The van der Waals surface area contributed by atoms with E-state index in [1.165, 1.54) is 17.2 Å². The van der Waals surface area contributed by atoms with E-state index in [0.717, 1.165) is 23.8 Å². The minimum absolute atomic E-state index is 0.392. The lowest BCUT2D eigenvalue weighted by molar-refractivity contribution is -0.121. The van der Waals surface area contributed by atoms with Crippen LogP contribution in [-0.2, 0) is 11.2 Å². The zero-order chi connectivity index (χ0) is 14.1. The van der Waals surface area contributed by atoms with Gasteiger partial charge in [-0.1, -0.05) is 56.3 Å². The number of hydrogen-bond donors (Lipinski definition) is 0. The molecule has 0 bridgehead atoms. The normalized spacial score (nSPS) is 25.4. The highest BCUT2D eigenvalue weighted by molar-refractivity contribution is 5.86. The van der Waals surface area contributed by atoms with E-state index in [2.05, 4.69) is 44.2 Å². The molecule has 0 amide bonds. The van der Waals surface area contributed by atoms with E-state index in [1.54, 1.807) is 0 Å². The SMILES string of the molecule is CC1CC(C)C1CC(=O)Cc1ccc2ccccc2c1. The van der Waals surface area contributed by atoms with Crippen LogP contribution in [0.1, 0.15) is 32.3 Å². The first-order valence-corrected chi connectivity index (χ1v) is 7.63. The summed E-state index contributed by atoms with van der Waals surface area (Å²) < 4.78 is 0. The molecule has 2 aromatic carbocycles. The molecule has 0 radical (unpaired) electrons. The molecule has 1 aliphatic rings. The van der Waals surface area contributed by atoms with Crippen molar-refractivity contribution < 1.29 is 4.79 Å². The summed E-state index contributed by atoms with van der Waals surface area (Å²) in [6.07, 6.45) is 2.63. The molecule has 0 N–H and O–H groups in total. The van der Waals surface area contributed by atoms with Gasteiger partial charge in [-0.05, 0) is 40.5 Å². The van der Waals surface area contributed by atoms with Gasteiger partial charge >= 0.3 is 0 Å². The van der Waals surface area contributed by atoms with Crippen molar-refractivity contribution >= 4 is 16.6 Å². The number of benzene rings is 2. The van der Waals surface area contributed by atoms with Crippen LogP contribution in [0.15, 0.2) is 42.5 Å². The van der Waals surface area contributed by atoms with Crippen molar-refractivity contribution in [2.45, 2.75) is 33.1 Å². The molecule has 0 saturated heterocycles. The summed E-state index contributed by atoms with van der Waals surface area (Å²) in [6, 6.07) is 14.7. The third-order valence-corrected chi connectivity index (χ3v) is 4.88. The molecule has 1 nitrogen and oxygen atoms in total. The molecule has 2 unspecified atom stereocenters. The van der Waals surface area contributed by atoms with E-state index >= 15 is 0 Å². The lowest BCUT2D eigenvalue weighted by Gasteiger charge is -2.40. The maximum atomic E-state index is 12.2. The smallest absolute Gasteiger partial charge is 0.137 e. The molecule has 104 valence electrons. The lowest BCUT2D eigenvalue weighted by Crippen LogP contribution is -2.34. The van der Waals surface area contributed by atoms with Crippen molar-refractivity contribution in [2.75, 3.05) is 0 Å². The average molecular weight is 266 g/mol. The Morgan fingerprint density at radius 2 is 1.75 bits per heavy atom. The monoisotopic (exact) mass is 266 g/mol. The molecule has 20 heavy (non-hydrogen) atoms. The molecule has 1 fully saturated rings. The number of fused-ring (bicyclic) bond motifs is 1. The molecule has 0 spiro atoms. The lowest BCUT2D eigenvalue weighted by atomic mass is 9.64. The summed E-state index contributed by atoms with van der Waals surface area (Å²) in [4.78, 5) is 12.2. The second-order valence-electron chi connectivity index (χ2n) is 6.46. The summed E-state index contributed by atoms with van der Waals surface area (Å²) >= 11 is 0. The zero-order valence-electron chi connectivity index (χ0n) is 12.3. The van der Waals surface area contributed by atoms with Gasteiger partial charge in [-0.3, -0.25) is 4.79 Å². The molecule has 0 aliphatic heterocycles. The summed E-state index contributed by atoms with van der Waals surface area (Å²) in [7, 11) is 0. The summed E-state index contributed by atoms with van der Waals surface area (Å²) in [5.41, 5.74) is 1.15. The minimum Gasteiger partial charge on any atom is -0.299 e. The van der Waals surface area contributed by atoms with Gasteiger partial charge in [-0.2, -0.15) is 0 Å². The minimum atomic E-state index is 0.392. The predicted octanol–water partition coefficient (Wildman–Crippen LogP) is 4.63. The molecular weight excluding hydrogens is 244 g/mol. The van der Waals surface area contributed by atoms with Gasteiger partial charge in [0.15, 0.2) is 0 Å². The van der Waals surface area contributed by atoms with Gasteiger partial charge in [-0.25, -0.2) is 0 Å². The Labute approximate surface area is 121 Å². The third kappa shape index (κ3) is 2.63. The summed E-state index contributed by atoms with van der Waals surface area (Å²) in [6.45, 7) is 4.54. The Hall–Kier alpha value is -1.63. The predicted molar refractivity (Wildman–Crippen MR) is 83.7 cm³/mol. The van der Waals surface area contributed by atoms with Crippen molar-refractivity contribution in [3.8, 4) is 0 Å². The fourth-order valence-electron chi connectivity index (χ4n) is 3.61. The first kappa shape index (κ1) is 13.4.